The number of para-hydroxylation sites is 2. The highest BCUT2D eigenvalue weighted by atomic mass is 32.1. The molecule has 0 aliphatic rings. The Morgan fingerprint density at radius 2 is 0.700 bits per heavy atom. The van der Waals surface area contributed by atoms with Crippen molar-refractivity contribution in [3.63, 3.8) is 0 Å². The van der Waals surface area contributed by atoms with Gasteiger partial charge in [-0.2, -0.15) is 0 Å². The van der Waals surface area contributed by atoms with E-state index in [0.29, 0.717) is 0 Å². The SMILES string of the molecule is c1cc(-c2cncc(-c3ccc(-c4ccc(-n5c6ccccc6c6c7sc8ccccc8c7ccc65)cc4)cc3)c2)cc(-c2cccc(-n3c4ccccc4c4c5sc6ccccc6c5ccc43)c2)c1. The van der Waals surface area contributed by atoms with Crippen molar-refractivity contribution in [2.75, 3.05) is 0 Å². The molecule has 0 aliphatic heterocycles. The van der Waals surface area contributed by atoms with E-state index in [9.17, 15) is 0 Å². The number of hydrogen-bond donors (Lipinski definition) is 0. The molecule has 0 unspecified atom stereocenters. The summed E-state index contributed by atoms with van der Waals surface area (Å²) in [6.07, 6.45) is 3.95. The minimum absolute atomic E-state index is 1.09. The Balaban J connectivity index is 0.727. The molecule has 15 aromatic rings. The van der Waals surface area contributed by atoms with E-state index in [2.05, 4.69) is 234 Å². The quantitative estimate of drug-likeness (QED) is 0.163. The van der Waals surface area contributed by atoms with Crippen molar-refractivity contribution in [2.24, 2.45) is 0 Å². The van der Waals surface area contributed by atoms with E-state index in [-0.39, 0.29) is 0 Å². The highest BCUT2D eigenvalue weighted by Gasteiger charge is 2.20. The van der Waals surface area contributed by atoms with Gasteiger partial charge in [-0.15, -0.1) is 22.7 Å². The summed E-state index contributed by atoms with van der Waals surface area (Å²) in [5.41, 5.74) is 16.3. The van der Waals surface area contributed by atoms with Gasteiger partial charge in [0, 0.05) is 96.8 Å². The van der Waals surface area contributed by atoms with Crippen LogP contribution in [0.1, 0.15) is 0 Å². The lowest BCUT2D eigenvalue weighted by atomic mass is 9.97. The Labute approximate surface area is 411 Å². The fourth-order valence-electron chi connectivity index (χ4n) is 11.1. The van der Waals surface area contributed by atoms with Crippen molar-refractivity contribution in [2.45, 2.75) is 0 Å². The molecule has 0 spiro atoms. The third-order valence-corrected chi connectivity index (χ3v) is 16.8. The zero-order valence-electron chi connectivity index (χ0n) is 37.7. The van der Waals surface area contributed by atoms with Crippen LogP contribution in [0.2, 0.25) is 0 Å². The molecule has 5 aromatic heterocycles. The molecule has 0 saturated heterocycles. The zero-order chi connectivity index (χ0) is 45.9. The molecule has 70 heavy (non-hydrogen) atoms. The number of hydrogen-bond acceptors (Lipinski definition) is 3. The minimum atomic E-state index is 1.09. The second-order valence-electron chi connectivity index (χ2n) is 18.3. The van der Waals surface area contributed by atoms with Crippen LogP contribution in [0.3, 0.4) is 0 Å². The first-order valence-electron chi connectivity index (χ1n) is 23.7. The van der Waals surface area contributed by atoms with Crippen LogP contribution < -0.4 is 0 Å². The van der Waals surface area contributed by atoms with Crippen molar-refractivity contribution in [1.29, 1.82) is 0 Å². The number of rotatable bonds is 6. The fourth-order valence-corrected chi connectivity index (χ4v) is 13.7. The second kappa shape index (κ2) is 15.5. The van der Waals surface area contributed by atoms with Crippen molar-refractivity contribution in [3.05, 3.63) is 237 Å². The van der Waals surface area contributed by atoms with Crippen LogP contribution in [0.4, 0.5) is 0 Å². The van der Waals surface area contributed by atoms with E-state index in [1.54, 1.807) is 0 Å². The molecule has 0 radical (unpaired) electrons. The molecular formula is C65H39N3S2. The summed E-state index contributed by atoms with van der Waals surface area (Å²) >= 11 is 3.79. The van der Waals surface area contributed by atoms with Crippen LogP contribution in [-0.2, 0) is 0 Å². The topological polar surface area (TPSA) is 22.8 Å². The summed E-state index contributed by atoms with van der Waals surface area (Å²) in [4.78, 5) is 4.76. The molecule has 0 atom stereocenters. The monoisotopic (exact) mass is 925 g/mol. The lowest BCUT2D eigenvalue weighted by Crippen LogP contribution is -1.94. The summed E-state index contributed by atoms with van der Waals surface area (Å²) in [7, 11) is 0. The van der Waals surface area contributed by atoms with Crippen molar-refractivity contribution >= 4 is 107 Å². The first-order valence-corrected chi connectivity index (χ1v) is 25.4. The molecule has 0 N–H and O–H groups in total. The van der Waals surface area contributed by atoms with Crippen LogP contribution in [0.25, 0.3) is 140 Å². The fraction of sp³-hybridized carbons (Fsp3) is 0. The summed E-state index contributed by atoms with van der Waals surface area (Å²) in [6.45, 7) is 0. The van der Waals surface area contributed by atoms with E-state index in [1.165, 1.54) is 106 Å². The van der Waals surface area contributed by atoms with Crippen LogP contribution >= 0.6 is 22.7 Å². The third-order valence-electron chi connectivity index (χ3n) is 14.4. The number of pyridine rings is 1. The molecule has 326 valence electrons. The average molecular weight is 926 g/mol. The molecule has 0 aliphatic carbocycles. The summed E-state index contributed by atoms with van der Waals surface area (Å²) < 4.78 is 10.2. The molecule has 15 rings (SSSR count). The minimum Gasteiger partial charge on any atom is -0.309 e. The number of benzene rings is 10. The van der Waals surface area contributed by atoms with Crippen molar-refractivity contribution < 1.29 is 0 Å². The molecule has 5 heterocycles. The van der Waals surface area contributed by atoms with E-state index in [1.807, 2.05) is 35.1 Å². The van der Waals surface area contributed by atoms with Gasteiger partial charge in [-0.05, 0) is 106 Å². The third kappa shape index (κ3) is 6.02. The summed E-state index contributed by atoms with van der Waals surface area (Å²) in [5.74, 6) is 0. The molecule has 10 aromatic carbocycles. The maximum atomic E-state index is 4.76. The molecule has 3 nitrogen and oxygen atoms in total. The Bertz CT molecular complexity index is 4580. The van der Waals surface area contributed by atoms with Gasteiger partial charge >= 0.3 is 0 Å². The highest BCUT2D eigenvalue weighted by molar-refractivity contribution is 7.27. The smallest absolute Gasteiger partial charge is 0.0555 e. The Hall–Kier alpha value is -8.61. The number of nitrogens with zero attached hydrogens (tertiary/aromatic N) is 3. The maximum Gasteiger partial charge on any atom is 0.0555 e. The zero-order valence-corrected chi connectivity index (χ0v) is 39.3. The van der Waals surface area contributed by atoms with Crippen LogP contribution in [-0.4, -0.2) is 14.1 Å². The molecule has 5 heteroatoms. The van der Waals surface area contributed by atoms with Gasteiger partial charge in [0.2, 0.25) is 0 Å². The summed E-state index contributed by atoms with van der Waals surface area (Å²) in [5, 5.41) is 10.5. The van der Waals surface area contributed by atoms with Gasteiger partial charge in [-0.1, -0.05) is 152 Å². The Kier molecular flexibility index (Phi) is 8.70. The van der Waals surface area contributed by atoms with Gasteiger partial charge in [0.05, 0.1) is 22.1 Å². The van der Waals surface area contributed by atoms with Gasteiger partial charge in [0.1, 0.15) is 0 Å². The van der Waals surface area contributed by atoms with Gasteiger partial charge < -0.3 is 9.13 Å². The molecular weight excluding hydrogens is 887 g/mol. The molecule has 0 amide bonds. The maximum absolute atomic E-state index is 4.76. The second-order valence-corrected chi connectivity index (χ2v) is 20.4. The van der Waals surface area contributed by atoms with Crippen LogP contribution in [0.15, 0.2) is 237 Å². The number of aromatic nitrogens is 3. The molecule has 0 fully saturated rings. The summed E-state index contributed by atoms with van der Waals surface area (Å²) in [6, 6.07) is 82.4. The van der Waals surface area contributed by atoms with Gasteiger partial charge in [-0.3, -0.25) is 4.98 Å². The normalized spacial score (nSPS) is 12.0. The van der Waals surface area contributed by atoms with E-state index < -0.39 is 0 Å². The van der Waals surface area contributed by atoms with Gasteiger partial charge in [0.25, 0.3) is 0 Å². The van der Waals surface area contributed by atoms with E-state index >= 15 is 0 Å². The molecule has 0 bridgehead atoms. The van der Waals surface area contributed by atoms with Gasteiger partial charge in [0.15, 0.2) is 0 Å². The van der Waals surface area contributed by atoms with Gasteiger partial charge in [-0.25, -0.2) is 0 Å². The van der Waals surface area contributed by atoms with Crippen LogP contribution in [0, 0.1) is 0 Å². The van der Waals surface area contributed by atoms with E-state index in [4.69, 9.17) is 4.98 Å². The number of fused-ring (bicyclic) bond motifs is 14. The lowest BCUT2D eigenvalue weighted by molar-refractivity contribution is 1.18. The van der Waals surface area contributed by atoms with Crippen LogP contribution in [0.5, 0.6) is 0 Å². The Morgan fingerprint density at radius 1 is 0.271 bits per heavy atom. The number of thiophene rings is 2. The highest BCUT2D eigenvalue weighted by Crippen LogP contribution is 2.45. The Morgan fingerprint density at radius 3 is 1.29 bits per heavy atom. The average Bonchev–Trinajstić information content (AvgIpc) is 4.19. The lowest BCUT2D eigenvalue weighted by Gasteiger charge is -2.12. The predicted octanol–water partition coefficient (Wildman–Crippen LogP) is 18.7. The van der Waals surface area contributed by atoms with E-state index in [0.717, 1.165) is 33.6 Å². The first kappa shape index (κ1) is 39.4. The first-order chi connectivity index (χ1) is 34.7. The van der Waals surface area contributed by atoms with Crippen molar-refractivity contribution in [3.8, 4) is 55.9 Å². The largest absolute Gasteiger partial charge is 0.309 e. The molecule has 0 saturated carbocycles. The standard InChI is InChI=1S/C65H39N3S2/c1-5-19-56-54(17-1)62-58(33-31-52-50-15-3-7-21-60(50)69-64(52)62)67(56)48-29-27-41(28-30-48)40-23-25-42(26-24-40)46-36-47(39-66-38-46)44-12-9-11-43(35-44)45-13-10-14-49(37-45)68-57-20-6-2-18-55(57)63-59(68)34-32-53-51-16-4-8-22-61(51)70-65(53)63/h1-39H. The van der Waals surface area contributed by atoms with Crippen molar-refractivity contribution in [1.82, 2.24) is 14.1 Å². The predicted molar refractivity (Wildman–Crippen MR) is 300 cm³/mol.